The number of nitrogens with zero attached hydrogens (tertiary/aromatic N) is 1. The normalized spacial score (nSPS) is 12.3. The minimum atomic E-state index is -3.37. The quantitative estimate of drug-likeness (QED) is 0.840. The third kappa shape index (κ3) is 4.98. The lowest BCUT2D eigenvalue weighted by Gasteiger charge is -2.19. The van der Waals surface area contributed by atoms with Crippen molar-refractivity contribution < 1.29 is 17.9 Å². The molecule has 0 aliphatic heterocycles. The number of rotatable bonds is 6. The van der Waals surface area contributed by atoms with Gasteiger partial charge in [0, 0.05) is 12.7 Å². The van der Waals surface area contributed by atoms with E-state index in [4.69, 9.17) is 4.74 Å². The van der Waals surface area contributed by atoms with Gasteiger partial charge in [0.15, 0.2) is 6.10 Å². The summed E-state index contributed by atoms with van der Waals surface area (Å²) in [6.07, 6.45) is 0.422. The predicted molar refractivity (Wildman–Crippen MR) is 104 cm³/mol. The van der Waals surface area contributed by atoms with Crippen molar-refractivity contribution in [3.05, 3.63) is 53.6 Å². The topological polar surface area (TPSA) is 75.7 Å². The summed E-state index contributed by atoms with van der Waals surface area (Å²) in [6, 6.07) is 12.4. The molecule has 0 bridgehead atoms. The molecule has 2 rings (SSSR count). The highest BCUT2D eigenvalue weighted by Crippen LogP contribution is 2.22. The van der Waals surface area contributed by atoms with E-state index in [0.29, 0.717) is 17.1 Å². The molecule has 6 nitrogen and oxygen atoms in total. The minimum absolute atomic E-state index is 0.316. The Balaban J connectivity index is 2.09. The first-order valence-corrected chi connectivity index (χ1v) is 10.0. The molecular weight excluding hydrogens is 352 g/mol. The van der Waals surface area contributed by atoms with Gasteiger partial charge in [-0.05, 0) is 50.6 Å². The van der Waals surface area contributed by atoms with Crippen LogP contribution in [0.1, 0.15) is 18.1 Å². The summed E-state index contributed by atoms with van der Waals surface area (Å²) in [7, 11) is -1.91. The molecule has 0 aliphatic carbocycles. The van der Waals surface area contributed by atoms with Crippen LogP contribution in [-0.2, 0) is 14.8 Å². The number of ether oxygens (including phenoxy) is 1. The molecule has 0 fully saturated rings. The van der Waals surface area contributed by atoms with Gasteiger partial charge < -0.3 is 10.1 Å². The zero-order chi connectivity index (χ0) is 19.5. The summed E-state index contributed by atoms with van der Waals surface area (Å²) in [6.45, 7) is 5.59. The standard InChI is InChI=1S/C19H24N2O4S/c1-13-9-10-18(14(2)11-13)25-15(3)19(22)20-16-7-6-8-17(12-16)21(4)26(5,23)24/h6-12,15H,1-5H3,(H,20,22)/t15-/m0/s1. The van der Waals surface area contributed by atoms with Crippen LogP contribution in [0.5, 0.6) is 5.75 Å². The Morgan fingerprint density at radius 1 is 1.15 bits per heavy atom. The largest absolute Gasteiger partial charge is 0.481 e. The molecule has 7 heteroatoms. The van der Waals surface area contributed by atoms with Crippen molar-refractivity contribution in [1.82, 2.24) is 0 Å². The monoisotopic (exact) mass is 376 g/mol. The van der Waals surface area contributed by atoms with Crippen molar-refractivity contribution in [2.24, 2.45) is 0 Å². The highest BCUT2D eigenvalue weighted by Gasteiger charge is 2.17. The van der Waals surface area contributed by atoms with Crippen LogP contribution in [0, 0.1) is 13.8 Å². The average Bonchev–Trinajstić information content (AvgIpc) is 2.56. The Kier molecular flexibility index (Phi) is 5.92. The second-order valence-corrected chi connectivity index (χ2v) is 8.31. The van der Waals surface area contributed by atoms with Crippen LogP contribution in [0.4, 0.5) is 11.4 Å². The number of nitrogens with one attached hydrogen (secondary N) is 1. The SMILES string of the molecule is Cc1ccc(O[C@@H](C)C(=O)Nc2cccc(N(C)S(C)(=O)=O)c2)c(C)c1. The van der Waals surface area contributed by atoms with Gasteiger partial charge in [-0.3, -0.25) is 9.10 Å². The second kappa shape index (κ2) is 7.78. The maximum Gasteiger partial charge on any atom is 0.265 e. The molecule has 0 unspecified atom stereocenters. The van der Waals surface area contributed by atoms with Crippen molar-refractivity contribution in [2.75, 3.05) is 22.9 Å². The van der Waals surface area contributed by atoms with E-state index in [1.807, 2.05) is 32.0 Å². The zero-order valence-corrected chi connectivity index (χ0v) is 16.4. The Hall–Kier alpha value is -2.54. The number of hydrogen-bond donors (Lipinski definition) is 1. The number of benzene rings is 2. The van der Waals surface area contributed by atoms with Gasteiger partial charge in [0.2, 0.25) is 10.0 Å². The number of anilines is 2. The molecule has 26 heavy (non-hydrogen) atoms. The molecule has 1 amide bonds. The van der Waals surface area contributed by atoms with E-state index in [0.717, 1.165) is 21.7 Å². The van der Waals surface area contributed by atoms with Gasteiger partial charge >= 0.3 is 0 Å². The van der Waals surface area contributed by atoms with Crippen molar-refractivity contribution in [1.29, 1.82) is 0 Å². The minimum Gasteiger partial charge on any atom is -0.481 e. The summed E-state index contributed by atoms with van der Waals surface area (Å²) < 4.78 is 30.2. The Labute approximate surface area is 154 Å². The lowest BCUT2D eigenvalue weighted by molar-refractivity contribution is -0.122. The van der Waals surface area contributed by atoms with E-state index < -0.39 is 16.1 Å². The molecule has 0 saturated heterocycles. The van der Waals surface area contributed by atoms with Crippen molar-refractivity contribution in [2.45, 2.75) is 26.9 Å². The maximum absolute atomic E-state index is 12.4. The number of hydrogen-bond acceptors (Lipinski definition) is 4. The number of carbonyl (C=O) groups is 1. The van der Waals surface area contributed by atoms with E-state index in [9.17, 15) is 13.2 Å². The summed E-state index contributed by atoms with van der Waals surface area (Å²) in [5, 5.41) is 2.75. The van der Waals surface area contributed by atoms with Crippen LogP contribution in [0.15, 0.2) is 42.5 Å². The third-order valence-electron chi connectivity index (χ3n) is 3.98. The number of aryl methyl sites for hydroxylation is 2. The van der Waals surface area contributed by atoms with E-state index >= 15 is 0 Å². The highest BCUT2D eigenvalue weighted by molar-refractivity contribution is 7.92. The van der Waals surface area contributed by atoms with Gasteiger partial charge in [-0.15, -0.1) is 0 Å². The summed E-state index contributed by atoms with van der Waals surface area (Å²) in [5.41, 5.74) is 3.05. The second-order valence-electron chi connectivity index (χ2n) is 6.30. The van der Waals surface area contributed by atoms with Crippen LogP contribution in [0.2, 0.25) is 0 Å². The van der Waals surface area contributed by atoms with Gasteiger partial charge in [0.1, 0.15) is 5.75 Å². The fourth-order valence-electron chi connectivity index (χ4n) is 2.39. The average molecular weight is 376 g/mol. The van der Waals surface area contributed by atoms with Crippen LogP contribution < -0.4 is 14.4 Å². The van der Waals surface area contributed by atoms with Crippen molar-refractivity contribution in [3.63, 3.8) is 0 Å². The van der Waals surface area contributed by atoms with E-state index in [1.54, 1.807) is 31.2 Å². The number of carbonyl (C=O) groups excluding carboxylic acids is 1. The Bertz CT molecular complexity index is 910. The molecule has 2 aromatic rings. The van der Waals surface area contributed by atoms with Crippen molar-refractivity contribution >= 4 is 27.3 Å². The molecule has 140 valence electrons. The van der Waals surface area contributed by atoms with Gasteiger partial charge in [0.25, 0.3) is 5.91 Å². The first-order valence-electron chi connectivity index (χ1n) is 8.16. The van der Waals surface area contributed by atoms with Crippen LogP contribution in [0.25, 0.3) is 0 Å². The fourth-order valence-corrected chi connectivity index (χ4v) is 2.89. The molecule has 0 heterocycles. The maximum atomic E-state index is 12.4. The molecular formula is C19H24N2O4S. The first-order chi connectivity index (χ1) is 12.1. The lowest BCUT2D eigenvalue weighted by atomic mass is 10.1. The molecule has 2 aromatic carbocycles. The van der Waals surface area contributed by atoms with E-state index in [1.165, 1.54) is 7.05 Å². The molecule has 0 aliphatic rings. The van der Waals surface area contributed by atoms with Crippen LogP contribution >= 0.6 is 0 Å². The molecule has 1 N–H and O–H groups in total. The van der Waals surface area contributed by atoms with E-state index in [-0.39, 0.29) is 5.91 Å². The Morgan fingerprint density at radius 3 is 2.46 bits per heavy atom. The number of amides is 1. The molecule has 1 atom stereocenters. The smallest absolute Gasteiger partial charge is 0.265 e. The van der Waals surface area contributed by atoms with Crippen LogP contribution in [0.3, 0.4) is 0 Å². The summed E-state index contributed by atoms with van der Waals surface area (Å²) in [5.74, 6) is 0.341. The number of sulfonamides is 1. The first kappa shape index (κ1) is 19.8. The van der Waals surface area contributed by atoms with E-state index in [2.05, 4.69) is 5.32 Å². The third-order valence-corrected chi connectivity index (χ3v) is 5.18. The van der Waals surface area contributed by atoms with Gasteiger partial charge in [-0.1, -0.05) is 23.8 Å². The molecule has 0 saturated carbocycles. The lowest BCUT2D eigenvalue weighted by Crippen LogP contribution is -2.30. The molecule has 0 aromatic heterocycles. The summed E-state index contributed by atoms with van der Waals surface area (Å²) >= 11 is 0. The van der Waals surface area contributed by atoms with Gasteiger partial charge in [0.05, 0.1) is 11.9 Å². The molecule has 0 spiro atoms. The fraction of sp³-hybridized carbons (Fsp3) is 0.316. The predicted octanol–water partition coefficient (Wildman–Crippen LogP) is 3.11. The summed E-state index contributed by atoms with van der Waals surface area (Å²) in [4.78, 5) is 12.4. The molecule has 0 radical (unpaired) electrons. The highest BCUT2D eigenvalue weighted by atomic mass is 32.2. The Morgan fingerprint density at radius 2 is 1.85 bits per heavy atom. The zero-order valence-electron chi connectivity index (χ0n) is 15.6. The van der Waals surface area contributed by atoms with Gasteiger partial charge in [-0.2, -0.15) is 0 Å². The van der Waals surface area contributed by atoms with Crippen molar-refractivity contribution in [3.8, 4) is 5.75 Å². The van der Waals surface area contributed by atoms with Gasteiger partial charge in [-0.25, -0.2) is 8.42 Å². The van der Waals surface area contributed by atoms with Crippen LogP contribution in [-0.4, -0.2) is 33.7 Å².